The molecular weight excluding hydrogens is 314 g/mol. The van der Waals surface area contributed by atoms with Crippen LogP contribution in [-0.2, 0) is 0 Å². The molecule has 0 amide bonds. The van der Waals surface area contributed by atoms with E-state index < -0.39 is 0 Å². The van der Waals surface area contributed by atoms with E-state index in [2.05, 4.69) is 60.3 Å². The van der Waals surface area contributed by atoms with E-state index in [-0.39, 0.29) is 0 Å². The van der Waals surface area contributed by atoms with Crippen LogP contribution in [0.1, 0.15) is 120 Å². The van der Waals surface area contributed by atoms with Crippen LogP contribution in [0.15, 0.2) is 0 Å². The minimum atomic E-state index is 0.463. The van der Waals surface area contributed by atoms with E-state index in [1.165, 1.54) is 83.8 Å². The van der Waals surface area contributed by atoms with Crippen molar-refractivity contribution in [2.75, 3.05) is 19.6 Å². The van der Waals surface area contributed by atoms with Crippen LogP contribution in [0.5, 0.6) is 0 Å². The van der Waals surface area contributed by atoms with Gasteiger partial charge in [-0.1, -0.05) is 93.9 Å². The zero-order valence-electron chi connectivity index (χ0n) is 19.9. The highest BCUT2D eigenvalue weighted by atomic mass is 15.1. The van der Waals surface area contributed by atoms with Gasteiger partial charge in [0.2, 0.25) is 0 Å². The molecular formula is C25H53N. The summed E-state index contributed by atoms with van der Waals surface area (Å²) in [5.41, 5.74) is 0.463. The SMILES string of the molecule is CCCCC(CC)CN(CCC(C)CC(C)(C)C)CC(CC)CCCC. The summed E-state index contributed by atoms with van der Waals surface area (Å²) >= 11 is 0. The summed E-state index contributed by atoms with van der Waals surface area (Å²) in [4.78, 5) is 2.85. The van der Waals surface area contributed by atoms with Gasteiger partial charge < -0.3 is 4.90 Å². The molecule has 0 aromatic carbocycles. The molecule has 0 N–H and O–H groups in total. The molecule has 1 nitrogen and oxygen atoms in total. The van der Waals surface area contributed by atoms with Crippen molar-refractivity contribution in [2.24, 2.45) is 23.2 Å². The van der Waals surface area contributed by atoms with Crippen molar-refractivity contribution in [3.8, 4) is 0 Å². The number of hydrogen-bond acceptors (Lipinski definition) is 1. The molecule has 0 radical (unpaired) electrons. The Balaban J connectivity index is 4.73. The van der Waals surface area contributed by atoms with Gasteiger partial charge in [0.15, 0.2) is 0 Å². The highest BCUT2D eigenvalue weighted by molar-refractivity contribution is 4.73. The van der Waals surface area contributed by atoms with Crippen molar-refractivity contribution < 1.29 is 0 Å². The van der Waals surface area contributed by atoms with Gasteiger partial charge in [0.25, 0.3) is 0 Å². The minimum Gasteiger partial charge on any atom is -0.303 e. The molecule has 0 aliphatic rings. The van der Waals surface area contributed by atoms with E-state index in [9.17, 15) is 0 Å². The van der Waals surface area contributed by atoms with Gasteiger partial charge in [-0.2, -0.15) is 0 Å². The van der Waals surface area contributed by atoms with Gasteiger partial charge >= 0.3 is 0 Å². The Labute approximate surface area is 167 Å². The fourth-order valence-electron chi connectivity index (χ4n) is 4.37. The zero-order chi connectivity index (χ0) is 20.0. The van der Waals surface area contributed by atoms with Gasteiger partial charge in [0.1, 0.15) is 0 Å². The summed E-state index contributed by atoms with van der Waals surface area (Å²) in [5, 5.41) is 0. The lowest BCUT2D eigenvalue weighted by Crippen LogP contribution is -2.35. The van der Waals surface area contributed by atoms with Crippen LogP contribution >= 0.6 is 0 Å². The second-order valence-corrected chi connectivity index (χ2v) is 10.3. The van der Waals surface area contributed by atoms with Crippen LogP contribution in [0.2, 0.25) is 0 Å². The summed E-state index contributed by atoms with van der Waals surface area (Å²) in [7, 11) is 0. The lowest BCUT2D eigenvalue weighted by atomic mass is 9.84. The highest BCUT2D eigenvalue weighted by Crippen LogP contribution is 2.27. The van der Waals surface area contributed by atoms with Crippen molar-refractivity contribution >= 4 is 0 Å². The fraction of sp³-hybridized carbons (Fsp3) is 1.00. The van der Waals surface area contributed by atoms with Crippen LogP contribution in [0, 0.1) is 23.2 Å². The van der Waals surface area contributed by atoms with E-state index >= 15 is 0 Å². The zero-order valence-corrected chi connectivity index (χ0v) is 19.9. The smallest absolute Gasteiger partial charge is 0.000967 e. The third-order valence-electron chi connectivity index (χ3n) is 6.02. The first kappa shape index (κ1) is 26.0. The monoisotopic (exact) mass is 367 g/mol. The molecule has 0 spiro atoms. The lowest BCUT2D eigenvalue weighted by Gasteiger charge is -2.32. The average Bonchev–Trinajstić information content (AvgIpc) is 2.57. The third kappa shape index (κ3) is 14.1. The molecule has 0 aliphatic carbocycles. The highest BCUT2D eigenvalue weighted by Gasteiger charge is 2.19. The molecule has 0 aromatic rings. The van der Waals surface area contributed by atoms with Crippen molar-refractivity contribution in [2.45, 2.75) is 120 Å². The van der Waals surface area contributed by atoms with Gasteiger partial charge in [0.05, 0.1) is 0 Å². The largest absolute Gasteiger partial charge is 0.303 e. The van der Waals surface area contributed by atoms with E-state index in [0.717, 1.165) is 17.8 Å². The van der Waals surface area contributed by atoms with E-state index in [1.807, 2.05) is 0 Å². The molecule has 26 heavy (non-hydrogen) atoms. The number of hydrogen-bond donors (Lipinski definition) is 0. The van der Waals surface area contributed by atoms with Crippen molar-refractivity contribution in [3.05, 3.63) is 0 Å². The molecule has 0 fully saturated rings. The van der Waals surface area contributed by atoms with Crippen molar-refractivity contribution in [1.29, 1.82) is 0 Å². The van der Waals surface area contributed by atoms with Gasteiger partial charge in [-0.25, -0.2) is 0 Å². The maximum Gasteiger partial charge on any atom is 0.000967 e. The van der Waals surface area contributed by atoms with Gasteiger partial charge in [-0.05, 0) is 55.4 Å². The maximum absolute atomic E-state index is 2.85. The molecule has 0 saturated carbocycles. The number of rotatable bonds is 16. The van der Waals surface area contributed by atoms with Crippen molar-refractivity contribution in [1.82, 2.24) is 4.90 Å². The Bertz CT molecular complexity index is 286. The van der Waals surface area contributed by atoms with Crippen LogP contribution < -0.4 is 0 Å². The number of unbranched alkanes of at least 4 members (excludes halogenated alkanes) is 2. The summed E-state index contributed by atoms with van der Waals surface area (Å²) in [6.07, 6.45) is 13.7. The van der Waals surface area contributed by atoms with Crippen LogP contribution in [0.4, 0.5) is 0 Å². The third-order valence-corrected chi connectivity index (χ3v) is 6.02. The minimum absolute atomic E-state index is 0.463. The van der Waals surface area contributed by atoms with Gasteiger partial charge in [0, 0.05) is 13.1 Å². The van der Waals surface area contributed by atoms with Gasteiger partial charge in [-0.15, -0.1) is 0 Å². The Morgan fingerprint density at radius 1 is 0.731 bits per heavy atom. The molecule has 0 rings (SSSR count). The molecule has 158 valence electrons. The lowest BCUT2D eigenvalue weighted by molar-refractivity contribution is 0.165. The summed E-state index contributed by atoms with van der Waals surface area (Å²) < 4.78 is 0. The molecule has 0 aromatic heterocycles. The predicted octanol–water partition coefficient (Wildman–Crippen LogP) is 8.18. The normalized spacial score (nSPS) is 16.0. The van der Waals surface area contributed by atoms with Crippen molar-refractivity contribution in [3.63, 3.8) is 0 Å². The first-order chi connectivity index (χ1) is 12.3. The predicted molar refractivity (Wildman–Crippen MR) is 121 cm³/mol. The maximum atomic E-state index is 2.85. The first-order valence-corrected chi connectivity index (χ1v) is 12.0. The standard InChI is InChI=1S/C25H53N/c1-9-13-15-23(11-3)20-26(21-24(12-4)16-14-10-2)18-17-22(5)19-25(6,7)8/h22-24H,9-21H2,1-8H3. The number of nitrogens with zero attached hydrogens (tertiary/aromatic N) is 1. The summed E-state index contributed by atoms with van der Waals surface area (Å²) in [6.45, 7) is 23.1. The van der Waals surface area contributed by atoms with Gasteiger partial charge in [-0.3, -0.25) is 0 Å². The molecule has 0 aliphatic heterocycles. The quantitative estimate of drug-likeness (QED) is 0.266. The molecule has 3 unspecified atom stereocenters. The summed E-state index contributed by atoms with van der Waals surface area (Å²) in [6, 6.07) is 0. The molecule has 3 atom stereocenters. The Morgan fingerprint density at radius 2 is 1.19 bits per heavy atom. The molecule has 0 bridgehead atoms. The van der Waals surface area contributed by atoms with E-state index in [1.54, 1.807) is 0 Å². The summed E-state index contributed by atoms with van der Waals surface area (Å²) in [5.74, 6) is 2.64. The molecule has 0 saturated heterocycles. The topological polar surface area (TPSA) is 3.24 Å². The Morgan fingerprint density at radius 3 is 1.54 bits per heavy atom. The molecule has 0 heterocycles. The first-order valence-electron chi connectivity index (χ1n) is 12.0. The second kappa shape index (κ2) is 14.9. The average molecular weight is 368 g/mol. The second-order valence-electron chi connectivity index (χ2n) is 10.3. The van der Waals surface area contributed by atoms with Crippen LogP contribution in [-0.4, -0.2) is 24.5 Å². The molecule has 1 heteroatoms. The van der Waals surface area contributed by atoms with E-state index in [0.29, 0.717) is 5.41 Å². The van der Waals surface area contributed by atoms with Crippen LogP contribution in [0.3, 0.4) is 0 Å². The van der Waals surface area contributed by atoms with E-state index in [4.69, 9.17) is 0 Å². The Hall–Kier alpha value is -0.0400. The Kier molecular flexibility index (Phi) is 14.9. The fourth-order valence-corrected chi connectivity index (χ4v) is 4.37. The van der Waals surface area contributed by atoms with Crippen LogP contribution in [0.25, 0.3) is 0 Å².